The molecule has 1 rings (SSSR count). The minimum absolute atomic E-state index is 0.236. The number of nitrogens with zero attached hydrogens (tertiary/aromatic N) is 1. The van der Waals surface area contributed by atoms with Crippen LogP contribution >= 0.6 is 0 Å². The number of halogens is 3. The highest BCUT2D eigenvalue weighted by molar-refractivity contribution is 5.84. The van der Waals surface area contributed by atoms with Gasteiger partial charge < -0.3 is 14.6 Å². The Kier molecular flexibility index (Phi) is 6.56. The Balaban J connectivity index is 2.94. The van der Waals surface area contributed by atoms with E-state index in [2.05, 4.69) is 10.1 Å². The molecule has 0 saturated heterocycles. The molecule has 0 aliphatic heterocycles. The number of hydrogen-bond donors (Lipinski definition) is 1. The highest BCUT2D eigenvalue weighted by Gasteiger charge is 2.31. The lowest BCUT2D eigenvalue weighted by Gasteiger charge is -2.22. The molecule has 134 valence electrons. The van der Waals surface area contributed by atoms with Crippen LogP contribution in [0.5, 0.6) is 0 Å². The van der Waals surface area contributed by atoms with E-state index in [4.69, 9.17) is 0 Å². The molecule has 1 heterocycles. The molecule has 0 spiro atoms. The van der Waals surface area contributed by atoms with Gasteiger partial charge in [0.2, 0.25) is 5.91 Å². The number of alkyl halides is 3. The lowest BCUT2D eigenvalue weighted by atomic mass is 9.99. The summed E-state index contributed by atoms with van der Waals surface area (Å²) in [6.45, 7) is 2.90. The molecular weight excluding hydrogens is 329 g/mol. The Hall–Kier alpha value is -2.32. The first kappa shape index (κ1) is 19.7. The molecule has 1 aromatic rings. The summed E-state index contributed by atoms with van der Waals surface area (Å²) in [5.74, 6) is -1.65. The van der Waals surface area contributed by atoms with Gasteiger partial charge in [-0.05, 0) is 12.0 Å². The van der Waals surface area contributed by atoms with Gasteiger partial charge in [-0.1, -0.05) is 20.3 Å². The van der Waals surface area contributed by atoms with Crippen molar-refractivity contribution in [2.24, 2.45) is 5.92 Å². The Morgan fingerprint density at radius 1 is 1.33 bits per heavy atom. The lowest BCUT2D eigenvalue weighted by Crippen LogP contribution is -2.47. The van der Waals surface area contributed by atoms with Crippen LogP contribution in [-0.2, 0) is 27.0 Å². The van der Waals surface area contributed by atoms with Crippen molar-refractivity contribution in [2.75, 3.05) is 7.11 Å². The van der Waals surface area contributed by atoms with Gasteiger partial charge >= 0.3 is 12.1 Å². The van der Waals surface area contributed by atoms with Crippen molar-refractivity contribution >= 4 is 11.9 Å². The van der Waals surface area contributed by atoms with Crippen LogP contribution in [0.3, 0.4) is 0 Å². The maximum absolute atomic E-state index is 12.7. The highest BCUT2D eigenvalue weighted by Crippen LogP contribution is 2.27. The predicted molar refractivity (Wildman–Crippen MR) is 79.1 cm³/mol. The second-order valence-corrected chi connectivity index (χ2v) is 5.34. The highest BCUT2D eigenvalue weighted by atomic mass is 19.4. The van der Waals surface area contributed by atoms with E-state index >= 15 is 0 Å². The van der Waals surface area contributed by atoms with Crippen LogP contribution in [0.4, 0.5) is 13.2 Å². The zero-order chi connectivity index (χ0) is 18.5. The standard InChI is InChI=1S/C15H19F3N2O4/c1-4-9(2)13(14(23)24-3)19-11(21)8-20-7-10(15(16,17)18)5-6-12(20)22/h5-7,9,13H,4,8H2,1-3H3,(H,19,21)/t9-,13-/m1/s1. The second kappa shape index (κ2) is 7.98. The molecule has 0 aliphatic rings. The topological polar surface area (TPSA) is 77.4 Å². The third kappa shape index (κ3) is 5.10. The summed E-state index contributed by atoms with van der Waals surface area (Å²) < 4.78 is 43.3. The SMILES string of the molecule is CC[C@@H](C)[C@@H](NC(=O)Cn1cc(C(F)(F)F)ccc1=O)C(=O)OC. The molecule has 0 bridgehead atoms. The molecule has 0 aliphatic carbocycles. The number of carbonyl (C=O) groups is 2. The first-order valence-electron chi connectivity index (χ1n) is 7.25. The Bertz CT molecular complexity index is 655. The van der Waals surface area contributed by atoms with Gasteiger partial charge in [-0.2, -0.15) is 13.2 Å². The van der Waals surface area contributed by atoms with E-state index in [-0.39, 0.29) is 5.92 Å². The van der Waals surface area contributed by atoms with Crippen LogP contribution < -0.4 is 10.9 Å². The minimum Gasteiger partial charge on any atom is -0.467 e. The van der Waals surface area contributed by atoms with Gasteiger partial charge in [-0.15, -0.1) is 0 Å². The second-order valence-electron chi connectivity index (χ2n) is 5.34. The fourth-order valence-electron chi connectivity index (χ4n) is 1.99. The van der Waals surface area contributed by atoms with Crippen molar-refractivity contribution in [3.05, 3.63) is 34.2 Å². The van der Waals surface area contributed by atoms with Crippen molar-refractivity contribution in [1.82, 2.24) is 9.88 Å². The molecule has 1 aromatic heterocycles. The Morgan fingerprint density at radius 3 is 2.46 bits per heavy atom. The normalized spacial score (nSPS) is 13.9. The van der Waals surface area contributed by atoms with Crippen molar-refractivity contribution < 1.29 is 27.5 Å². The van der Waals surface area contributed by atoms with Gasteiger partial charge in [-0.25, -0.2) is 4.79 Å². The van der Waals surface area contributed by atoms with Crippen LogP contribution in [-0.4, -0.2) is 29.6 Å². The third-order valence-electron chi connectivity index (χ3n) is 3.61. The molecule has 9 heteroatoms. The largest absolute Gasteiger partial charge is 0.467 e. The van der Waals surface area contributed by atoms with Crippen LogP contribution in [0.2, 0.25) is 0 Å². The summed E-state index contributed by atoms with van der Waals surface area (Å²) in [6.07, 6.45) is -3.49. The van der Waals surface area contributed by atoms with E-state index < -0.39 is 41.8 Å². The molecule has 6 nitrogen and oxygen atoms in total. The van der Waals surface area contributed by atoms with E-state index in [1.165, 1.54) is 7.11 Å². The first-order valence-corrected chi connectivity index (χ1v) is 7.25. The van der Waals surface area contributed by atoms with Gasteiger partial charge in [0.25, 0.3) is 5.56 Å². The molecular formula is C15H19F3N2O4. The summed E-state index contributed by atoms with van der Waals surface area (Å²) in [5, 5.41) is 2.40. The lowest BCUT2D eigenvalue weighted by molar-refractivity contribution is -0.146. The van der Waals surface area contributed by atoms with Crippen molar-refractivity contribution in [2.45, 2.75) is 39.0 Å². The summed E-state index contributed by atoms with van der Waals surface area (Å²) in [5.41, 5.74) is -1.79. The zero-order valence-electron chi connectivity index (χ0n) is 13.5. The van der Waals surface area contributed by atoms with Crippen LogP contribution in [0, 0.1) is 5.92 Å². The third-order valence-corrected chi connectivity index (χ3v) is 3.61. The number of carbonyl (C=O) groups excluding carboxylic acids is 2. The molecule has 0 unspecified atom stereocenters. The number of hydrogen-bond acceptors (Lipinski definition) is 4. The van der Waals surface area contributed by atoms with Gasteiger partial charge in [0.1, 0.15) is 12.6 Å². The smallest absolute Gasteiger partial charge is 0.417 e. The maximum Gasteiger partial charge on any atom is 0.417 e. The van der Waals surface area contributed by atoms with Crippen LogP contribution in [0.25, 0.3) is 0 Å². The monoisotopic (exact) mass is 348 g/mol. The number of methoxy groups -OCH3 is 1. The summed E-state index contributed by atoms with van der Waals surface area (Å²) in [4.78, 5) is 35.3. The Labute approximate surface area is 136 Å². The fourth-order valence-corrected chi connectivity index (χ4v) is 1.99. The average Bonchev–Trinajstić information content (AvgIpc) is 2.52. The van der Waals surface area contributed by atoms with Gasteiger partial charge in [0.05, 0.1) is 12.7 Å². The molecule has 0 fully saturated rings. The number of aromatic nitrogens is 1. The molecule has 2 atom stereocenters. The van der Waals surface area contributed by atoms with Gasteiger partial charge in [0.15, 0.2) is 0 Å². The number of esters is 1. The van der Waals surface area contributed by atoms with Crippen molar-refractivity contribution in [1.29, 1.82) is 0 Å². The predicted octanol–water partition coefficient (Wildman–Crippen LogP) is 1.57. The van der Waals surface area contributed by atoms with Gasteiger partial charge in [-0.3, -0.25) is 9.59 Å². The molecule has 24 heavy (non-hydrogen) atoms. The molecule has 0 aromatic carbocycles. The summed E-state index contributed by atoms with van der Waals surface area (Å²) in [7, 11) is 1.17. The van der Waals surface area contributed by atoms with Crippen LogP contribution in [0.15, 0.2) is 23.1 Å². The molecule has 0 radical (unpaired) electrons. The number of amides is 1. The Morgan fingerprint density at radius 2 is 1.96 bits per heavy atom. The van der Waals surface area contributed by atoms with Crippen molar-refractivity contribution in [3.63, 3.8) is 0 Å². The zero-order valence-corrected chi connectivity index (χ0v) is 13.5. The molecule has 1 N–H and O–H groups in total. The quantitative estimate of drug-likeness (QED) is 0.792. The van der Waals surface area contributed by atoms with E-state index in [0.29, 0.717) is 23.3 Å². The summed E-state index contributed by atoms with van der Waals surface area (Å²) >= 11 is 0. The summed E-state index contributed by atoms with van der Waals surface area (Å²) in [6, 6.07) is 0.449. The molecule has 0 saturated carbocycles. The minimum atomic E-state index is -4.63. The van der Waals surface area contributed by atoms with E-state index in [1.807, 2.05) is 6.92 Å². The molecule has 1 amide bonds. The maximum atomic E-state index is 12.7. The first-order chi connectivity index (χ1) is 11.1. The number of pyridine rings is 1. The van der Waals surface area contributed by atoms with E-state index in [1.54, 1.807) is 6.92 Å². The van der Waals surface area contributed by atoms with E-state index in [0.717, 1.165) is 6.07 Å². The number of ether oxygens (including phenoxy) is 1. The van der Waals surface area contributed by atoms with E-state index in [9.17, 15) is 27.6 Å². The fraction of sp³-hybridized carbons (Fsp3) is 0.533. The average molecular weight is 348 g/mol. The van der Waals surface area contributed by atoms with Crippen molar-refractivity contribution in [3.8, 4) is 0 Å². The van der Waals surface area contributed by atoms with Crippen LogP contribution in [0.1, 0.15) is 25.8 Å². The number of rotatable bonds is 6. The van der Waals surface area contributed by atoms with Gasteiger partial charge in [0, 0.05) is 12.3 Å². The number of nitrogens with one attached hydrogen (secondary N) is 1.